The number of aromatic nitrogens is 2. The number of nitrogens with zero attached hydrogens (tertiary/aromatic N) is 3. The fourth-order valence-corrected chi connectivity index (χ4v) is 3.14. The van der Waals surface area contributed by atoms with E-state index in [1.54, 1.807) is 39.2 Å². The van der Waals surface area contributed by atoms with Gasteiger partial charge in [-0.25, -0.2) is 14.2 Å². The molecule has 3 aromatic rings. The van der Waals surface area contributed by atoms with Crippen molar-refractivity contribution in [1.82, 2.24) is 19.8 Å². The first-order valence-electron chi connectivity index (χ1n) is 10.0. The van der Waals surface area contributed by atoms with Crippen LogP contribution in [0.25, 0.3) is 11.0 Å². The van der Waals surface area contributed by atoms with E-state index in [1.165, 1.54) is 24.1 Å². The van der Waals surface area contributed by atoms with E-state index in [2.05, 4.69) is 10.3 Å². The second-order valence-corrected chi connectivity index (χ2v) is 8.39. The van der Waals surface area contributed by atoms with Crippen molar-refractivity contribution in [3.8, 4) is 0 Å². The van der Waals surface area contributed by atoms with Gasteiger partial charge in [0.05, 0.1) is 23.4 Å². The molecule has 164 valence electrons. The van der Waals surface area contributed by atoms with Crippen LogP contribution in [0.1, 0.15) is 32.4 Å². The largest absolute Gasteiger partial charge is 0.444 e. The van der Waals surface area contributed by atoms with Gasteiger partial charge in [-0.05, 0) is 50.6 Å². The molecule has 1 atom stereocenters. The Morgan fingerprint density at radius 3 is 2.52 bits per heavy atom. The van der Waals surface area contributed by atoms with Gasteiger partial charge >= 0.3 is 6.09 Å². The van der Waals surface area contributed by atoms with Crippen LogP contribution in [0.15, 0.2) is 54.9 Å². The molecule has 2 aromatic carbocycles. The van der Waals surface area contributed by atoms with Crippen LogP contribution in [0.5, 0.6) is 0 Å². The third-order valence-corrected chi connectivity index (χ3v) is 4.60. The van der Waals surface area contributed by atoms with Crippen LogP contribution < -0.4 is 5.32 Å². The second-order valence-electron chi connectivity index (χ2n) is 8.39. The molecule has 2 amide bonds. The highest BCUT2D eigenvalue weighted by molar-refractivity contribution is 5.82. The normalized spacial score (nSPS) is 12.4. The SMILES string of the molecule is CN(CC(=O)NC(Cn1cnc2ccccc21)c1ccc(F)cc1)C(=O)OC(C)(C)C. The fraction of sp³-hybridized carbons (Fsp3) is 0.348. The fourth-order valence-electron chi connectivity index (χ4n) is 3.14. The highest BCUT2D eigenvalue weighted by Crippen LogP contribution is 2.20. The number of likely N-dealkylation sites (N-methyl/N-ethyl adjacent to an activating group) is 1. The second kappa shape index (κ2) is 9.16. The predicted molar refractivity (Wildman–Crippen MR) is 116 cm³/mol. The zero-order valence-electron chi connectivity index (χ0n) is 18.1. The quantitative estimate of drug-likeness (QED) is 0.649. The Bertz CT molecular complexity index is 1060. The number of carbonyl (C=O) groups is 2. The average molecular weight is 426 g/mol. The molecule has 0 saturated carbocycles. The van der Waals surface area contributed by atoms with E-state index in [0.717, 1.165) is 16.6 Å². The van der Waals surface area contributed by atoms with E-state index in [0.29, 0.717) is 6.54 Å². The Morgan fingerprint density at radius 1 is 1.16 bits per heavy atom. The van der Waals surface area contributed by atoms with Crippen molar-refractivity contribution in [3.05, 3.63) is 66.2 Å². The van der Waals surface area contributed by atoms with Gasteiger partial charge in [-0.15, -0.1) is 0 Å². The Hall–Kier alpha value is -3.42. The number of fused-ring (bicyclic) bond motifs is 1. The monoisotopic (exact) mass is 426 g/mol. The van der Waals surface area contributed by atoms with Crippen LogP contribution in [0.4, 0.5) is 9.18 Å². The zero-order valence-corrected chi connectivity index (χ0v) is 18.1. The number of benzene rings is 2. The molecule has 1 unspecified atom stereocenters. The van der Waals surface area contributed by atoms with E-state index < -0.39 is 17.7 Å². The molecule has 3 rings (SSSR count). The Balaban J connectivity index is 1.76. The minimum Gasteiger partial charge on any atom is -0.444 e. The first-order chi connectivity index (χ1) is 14.6. The van der Waals surface area contributed by atoms with E-state index in [4.69, 9.17) is 4.74 Å². The Morgan fingerprint density at radius 2 is 1.84 bits per heavy atom. The summed E-state index contributed by atoms with van der Waals surface area (Å²) in [6.07, 6.45) is 1.13. The molecule has 0 spiro atoms. The Kier molecular flexibility index (Phi) is 6.58. The number of rotatable bonds is 6. The van der Waals surface area contributed by atoms with Gasteiger partial charge < -0.3 is 19.5 Å². The molecule has 0 fully saturated rings. The molecular weight excluding hydrogens is 399 g/mol. The van der Waals surface area contributed by atoms with E-state index in [-0.39, 0.29) is 18.3 Å². The van der Waals surface area contributed by atoms with Crippen molar-refractivity contribution < 1.29 is 18.7 Å². The summed E-state index contributed by atoms with van der Waals surface area (Å²) in [6, 6.07) is 13.2. The summed E-state index contributed by atoms with van der Waals surface area (Å²) in [5.74, 6) is -0.710. The first kappa shape index (κ1) is 22.3. The molecule has 0 radical (unpaired) electrons. The number of ether oxygens (including phenoxy) is 1. The van der Waals surface area contributed by atoms with Crippen molar-refractivity contribution in [1.29, 1.82) is 0 Å². The lowest BCUT2D eigenvalue weighted by Crippen LogP contribution is -2.42. The van der Waals surface area contributed by atoms with Gasteiger partial charge in [0.25, 0.3) is 0 Å². The molecule has 8 heteroatoms. The van der Waals surface area contributed by atoms with Gasteiger partial charge in [0.1, 0.15) is 18.0 Å². The lowest BCUT2D eigenvalue weighted by molar-refractivity contribution is -0.122. The number of carbonyl (C=O) groups excluding carboxylic acids is 2. The summed E-state index contributed by atoms with van der Waals surface area (Å²) in [5.41, 5.74) is 1.86. The van der Waals surface area contributed by atoms with E-state index in [9.17, 15) is 14.0 Å². The van der Waals surface area contributed by atoms with Crippen LogP contribution in [0.2, 0.25) is 0 Å². The van der Waals surface area contributed by atoms with Gasteiger partial charge in [0, 0.05) is 13.6 Å². The van der Waals surface area contributed by atoms with Crippen LogP contribution >= 0.6 is 0 Å². The number of amides is 2. The van der Waals surface area contributed by atoms with Gasteiger partial charge in [-0.1, -0.05) is 24.3 Å². The van der Waals surface area contributed by atoms with E-state index >= 15 is 0 Å². The summed E-state index contributed by atoms with van der Waals surface area (Å²) in [6.45, 7) is 5.52. The van der Waals surface area contributed by atoms with Gasteiger partial charge in [0.15, 0.2) is 0 Å². The van der Waals surface area contributed by atoms with Crippen molar-refractivity contribution in [3.63, 3.8) is 0 Å². The van der Waals surface area contributed by atoms with Crippen molar-refractivity contribution in [2.75, 3.05) is 13.6 Å². The summed E-state index contributed by atoms with van der Waals surface area (Å²) in [4.78, 5) is 30.5. The lowest BCUT2D eigenvalue weighted by Gasteiger charge is -2.25. The number of hydrogen-bond acceptors (Lipinski definition) is 4. The summed E-state index contributed by atoms with van der Waals surface area (Å²) in [5, 5.41) is 2.94. The maximum absolute atomic E-state index is 13.4. The molecule has 1 N–H and O–H groups in total. The van der Waals surface area contributed by atoms with E-state index in [1.807, 2.05) is 28.8 Å². The molecular formula is C23H27FN4O3. The molecule has 31 heavy (non-hydrogen) atoms. The topological polar surface area (TPSA) is 76.5 Å². The molecule has 0 bridgehead atoms. The number of nitrogens with one attached hydrogen (secondary N) is 1. The maximum Gasteiger partial charge on any atom is 0.410 e. The molecule has 1 heterocycles. The lowest BCUT2D eigenvalue weighted by atomic mass is 10.1. The highest BCUT2D eigenvalue weighted by Gasteiger charge is 2.23. The number of para-hydroxylation sites is 2. The van der Waals surface area contributed by atoms with Crippen molar-refractivity contribution in [2.24, 2.45) is 0 Å². The molecule has 0 aliphatic rings. The van der Waals surface area contributed by atoms with Crippen LogP contribution in [-0.4, -0.2) is 45.6 Å². The summed E-state index contributed by atoms with van der Waals surface area (Å²) < 4.78 is 20.7. The zero-order chi connectivity index (χ0) is 22.6. The predicted octanol–water partition coefficient (Wildman–Crippen LogP) is 3.90. The minimum absolute atomic E-state index is 0.169. The molecule has 1 aromatic heterocycles. The molecule has 7 nitrogen and oxygen atoms in total. The third kappa shape index (κ3) is 6.04. The van der Waals surface area contributed by atoms with Crippen LogP contribution in [0, 0.1) is 5.82 Å². The Labute approximate surface area is 180 Å². The number of hydrogen-bond donors (Lipinski definition) is 1. The average Bonchev–Trinajstić information content (AvgIpc) is 3.10. The van der Waals surface area contributed by atoms with Crippen molar-refractivity contribution in [2.45, 2.75) is 39.0 Å². The number of imidazole rings is 1. The maximum atomic E-state index is 13.4. The standard InChI is InChI=1S/C23H27FN4O3/c1-23(2,3)31-22(30)27(4)14-21(29)26-19(16-9-11-17(24)12-10-16)13-28-15-25-18-7-5-6-8-20(18)28/h5-12,15,19H,13-14H2,1-4H3,(H,26,29). The molecule has 0 saturated heterocycles. The summed E-state index contributed by atoms with van der Waals surface area (Å²) in [7, 11) is 1.50. The van der Waals surface area contributed by atoms with Gasteiger partial charge in [0.2, 0.25) is 5.91 Å². The first-order valence-corrected chi connectivity index (χ1v) is 10.0. The van der Waals surface area contributed by atoms with Gasteiger partial charge in [-0.3, -0.25) is 4.79 Å². The highest BCUT2D eigenvalue weighted by atomic mass is 19.1. The van der Waals surface area contributed by atoms with Crippen LogP contribution in [-0.2, 0) is 16.1 Å². The van der Waals surface area contributed by atoms with Crippen LogP contribution in [0.3, 0.4) is 0 Å². The summed E-state index contributed by atoms with van der Waals surface area (Å²) >= 11 is 0. The third-order valence-electron chi connectivity index (χ3n) is 4.60. The van der Waals surface area contributed by atoms with Gasteiger partial charge in [-0.2, -0.15) is 0 Å². The number of halogens is 1. The minimum atomic E-state index is -0.652. The smallest absolute Gasteiger partial charge is 0.410 e. The molecule has 0 aliphatic heterocycles. The van der Waals surface area contributed by atoms with Crippen molar-refractivity contribution >= 4 is 23.0 Å². The molecule has 0 aliphatic carbocycles.